The summed E-state index contributed by atoms with van der Waals surface area (Å²) in [6.07, 6.45) is 14.2. The molecule has 34 heavy (non-hydrogen) atoms. The van der Waals surface area contributed by atoms with E-state index in [1.54, 1.807) is 7.11 Å². The van der Waals surface area contributed by atoms with Crippen molar-refractivity contribution in [2.24, 2.45) is 5.92 Å². The molecule has 1 aromatic rings. The van der Waals surface area contributed by atoms with E-state index in [0.29, 0.717) is 12.1 Å². The topological polar surface area (TPSA) is 29.5 Å². The summed E-state index contributed by atoms with van der Waals surface area (Å²) in [5.74, 6) is 0.215. The molecule has 0 unspecified atom stereocenters. The second kappa shape index (κ2) is 14.1. The van der Waals surface area contributed by atoms with Crippen LogP contribution < -0.4 is 0 Å². The van der Waals surface area contributed by atoms with Crippen molar-refractivity contribution in [2.45, 2.75) is 110 Å². The molecule has 0 N–H and O–H groups in total. The predicted octanol–water partition coefficient (Wildman–Crippen LogP) is 7.74. The Morgan fingerprint density at radius 1 is 1.00 bits per heavy atom. The number of benzene rings is 1. The molecule has 2 aliphatic heterocycles. The van der Waals surface area contributed by atoms with Crippen LogP contribution in [-0.2, 0) is 9.53 Å². The van der Waals surface area contributed by atoms with E-state index in [1.807, 2.05) is 0 Å². The van der Waals surface area contributed by atoms with Gasteiger partial charge in [0.25, 0.3) is 0 Å². The first-order chi connectivity index (χ1) is 16.6. The summed E-state index contributed by atoms with van der Waals surface area (Å²) in [4.78, 5) is 15.7. The Balaban J connectivity index is 1.78. The van der Waals surface area contributed by atoms with E-state index in [-0.39, 0.29) is 17.8 Å². The van der Waals surface area contributed by atoms with Gasteiger partial charge in [-0.2, -0.15) is 0 Å². The van der Waals surface area contributed by atoms with Crippen LogP contribution in [0.25, 0.3) is 0 Å². The zero-order valence-electron chi connectivity index (χ0n) is 22.3. The molecule has 0 saturated carbocycles. The van der Waals surface area contributed by atoms with Gasteiger partial charge in [0, 0.05) is 0 Å². The Kier molecular flexibility index (Phi) is 11.5. The molecule has 3 nitrogen and oxygen atoms in total. The Labute approximate surface area is 213 Å². The second-order valence-corrected chi connectivity index (χ2v) is 23.9. The molecule has 2 bridgehead atoms. The van der Waals surface area contributed by atoms with Gasteiger partial charge in [-0.25, -0.2) is 0 Å². The molecule has 3 rings (SSSR count). The zero-order chi connectivity index (χ0) is 24.4. The molecule has 0 aromatic heterocycles. The first-order valence-corrected chi connectivity index (χ1v) is 21.9. The summed E-state index contributed by atoms with van der Waals surface area (Å²) < 4.78 is 12.7. The van der Waals surface area contributed by atoms with Crippen molar-refractivity contribution in [1.29, 1.82) is 0 Å². The van der Waals surface area contributed by atoms with Gasteiger partial charge in [0.1, 0.15) is 0 Å². The quantitative estimate of drug-likeness (QED) is 0.168. The monoisotopic (exact) mass is 575 g/mol. The molecule has 0 amide bonds. The SMILES string of the molecule is CCC[CH2][Sn](/[CH]=C/CN1[C@H]2CC[C@@H]1[C@@H](C(=O)OC)[C@@H](c1ccccc1)C2)([CH2]CCC)[CH2]CCC. The van der Waals surface area contributed by atoms with Crippen molar-refractivity contribution < 1.29 is 9.53 Å². The first kappa shape index (κ1) is 27.8. The van der Waals surface area contributed by atoms with Crippen molar-refractivity contribution in [2.75, 3.05) is 13.7 Å². The molecule has 2 heterocycles. The number of carbonyl (C=O) groups is 1. The number of hydrogen-bond donors (Lipinski definition) is 0. The molecule has 0 radical (unpaired) electrons. The molecule has 1 aromatic carbocycles. The summed E-state index contributed by atoms with van der Waals surface area (Å²) >= 11 is -2.26. The van der Waals surface area contributed by atoms with Crippen LogP contribution >= 0.6 is 0 Å². The third-order valence-corrected chi connectivity index (χ3v) is 22.9. The fourth-order valence-corrected chi connectivity index (χ4v) is 21.1. The van der Waals surface area contributed by atoms with Crippen molar-refractivity contribution in [1.82, 2.24) is 4.90 Å². The van der Waals surface area contributed by atoms with Crippen LogP contribution in [-0.4, -0.2) is 55.0 Å². The number of methoxy groups -OCH3 is 1. The molecule has 0 spiro atoms. The van der Waals surface area contributed by atoms with Gasteiger partial charge in [-0.3, -0.25) is 0 Å². The minimum absolute atomic E-state index is 0.0180. The number of nitrogens with zero attached hydrogens (tertiary/aromatic N) is 1. The summed E-state index contributed by atoms with van der Waals surface area (Å²) in [7, 11) is 1.56. The number of fused-ring (bicyclic) bond motifs is 2. The normalized spacial score (nSPS) is 25.2. The molecular formula is C30H49NO2Sn. The number of esters is 1. The van der Waals surface area contributed by atoms with Gasteiger partial charge < -0.3 is 0 Å². The maximum atomic E-state index is 13.0. The Hall–Kier alpha value is -0.811. The molecular weight excluding hydrogens is 525 g/mol. The average Bonchev–Trinajstić information content (AvgIpc) is 3.14. The maximum absolute atomic E-state index is 13.0. The Bertz CT molecular complexity index is 743. The number of hydrogen-bond acceptors (Lipinski definition) is 3. The zero-order valence-corrected chi connectivity index (χ0v) is 25.2. The van der Waals surface area contributed by atoms with Gasteiger partial charge in [-0.15, -0.1) is 0 Å². The van der Waals surface area contributed by atoms with E-state index in [0.717, 1.165) is 19.4 Å². The van der Waals surface area contributed by atoms with Crippen LogP contribution in [0.4, 0.5) is 0 Å². The van der Waals surface area contributed by atoms with E-state index in [9.17, 15) is 4.79 Å². The third-order valence-electron chi connectivity index (χ3n) is 8.64. The fraction of sp³-hybridized carbons (Fsp3) is 0.700. The summed E-state index contributed by atoms with van der Waals surface area (Å²) in [6, 6.07) is 11.6. The van der Waals surface area contributed by atoms with E-state index in [1.165, 1.54) is 63.8 Å². The van der Waals surface area contributed by atoms with Gasteiger partial charge in [-0.1, -0.05) is 0 Å². The number of ether oxygens (including phenoxy) is 1. The van der Waals surface area contributed by atoms with Crippen LogP contribution in [0.3, 0.4) is 0 Å². The molecule has 2 aliphatic rings. The number of unbranched alkanes of at least 4 members (excludes halogenated alkanes) is 3. The standard InChI is InChI=1S/C18H22NO2.3C4H9.Sn/c1-3-11-19-14-9-10-16(19)17(18(20)21-2)15(12-14)13-7-5-4-6-8-13;3*1-3-4-2;/h1,3-8,14-17H,9-12H2,2H3;3*1,3-4H2,2H3;/t14-,15+,16+,17-;;;;/m0..../s1. The van der Waals surface area contributed by atoms with Crippen LogP contribution in [0.2, 0.25) is 13.3 Å². The van der Waals surface area contributed by atoms with Gasteiger partial charge >= 0.3 is 214 Å². The van der Waals surface area contributed by atoms with Crippen molar-refractivity contribution >= 4 is 24.3 Å². The van der Waals surface area contributed by atoms with Crippen LogP contribution in [0.15, 0.2) is 40.5 Å². The van der Waals surface area contributed by atoms with Crippen LogP contribution in [0.1, 0.15) is 90.0 Å². The number of rotatable bonds is 14. The van der Waals surface area contributed by atoms with Gasteiger partial charge in [0.2, 0.25) is 0 Å². The summed E-state index contributed by atoms with van der Waals surface area (Å²) in [5.41, 5.74) is 1.30. The third kappa shape index (κ3) is 6.90. The number of carbonyl (C=O) groups excluding carboxylic acids is 1. The van der Waals surface area contributed by atoms with E-state index in [4.69, 9.17) is 4.74 Å². The van der Waals surface area contributed by atoms with Crippen molar-refractivity contribution in [3.8, 4) is 0 Å². The minimum atomic E-state index is -2.26. The van der Waals surface area contributed by atoms with Crippen molar-refractivity contribution in [3.63, 3.8) is 0 Å². The summed E-state index contributed by atoms with van der Waals surface area (Å²) in [6.45, 7) is 8.07. The van der Waals surface area contributed by atoms with E-state index in [2.05, 4.69) is 66.2 Å². The first-order valence-electron chi connectivity index (χ1n) is 14.1. The van der Waals surface area contributed by atoms with Crippen molar-refractivity contribution in [3.05, 3.63) is 46.1 Å². The van der Waals surface area contributed by atoms with Crippen LogP contribution in [0, 0.1) is 5.92 Å². The summed E-state index contributed by atoms with van der Waals surface area (Å²) in [5, 5.41) is 0. The Morgan fingerprint density at radius 3 is 2.18 bits per heavy atom. The van der Waals surface area contributed by atoms with E-state index < -0.39 is 18.4 Å². The molecule has 2 fully saturated rings. The van der Waals surface area contributed by atoms with Crippen LogP contribution in [0.5, 0.6) is 0 Å². The molecule has 0 aliphatic carbocycles. The van der Waals surface area contributed by atoms with E-state index >= 15 is 0 Å². The molecule has 4 heteroatoms. The molecule has 2 saturated heterocycles. The Morgan fingerprint density at radius 2 is 1.62 bits per heavy atom. The van der Waals surface area contributed by atoms with Gasteiger partial charge in [-0.05, 0) is 0 Å². The fourth-order valence-electron chi connectivity index (χ4n) is 6.73. The average molecular weight is 574 g/mol. The second-order valence-electron chi connectivity index (χ2n) is 10.9. The van der Waals surface area contributed by atoms with Gasteiger partial charge in [0.05, 0.1) is 0 Å². The molecule has 190 valence electrons. The van der Waals surface area contributed by atoms with Gasteiger partial charge in [0.15, 0.2) is 0 Å². The number of piperidine rings is 1. The predicted molar refractivity (Wildman–Crippen MR) is 147 cm³/mol. The molecule has 4 atom stereocenters.